The number of hydrogen-bond acceptors (Lipinski definition) is 5. The lowest BCUT2D eigenvalue weighted by Gasteiger charge is -2.36. The lowest BCUT2D eigenvalue weighted by molar-refractivity contribution is -0.136. The van der Waals surface area contributed by atoms with Gasteiger partial charge in [0.05, 0.1) is 16.6 Å². The van der Waals surface area contributed by atoms with Crippen molar-refractivity contribution < 1.29 is 9.59 Å². The highest BCUT2D eigenvalue weighted by molar-refractivity contribution is 6.33. The van der Waals surface area contributed by atoms with Gasteiger partial charge >= 0.3 is 0 Å². The maximum Gasteiger partial charge on any atom is 0.228 e. The third kappa shape index (κ3) is 4.51. The molecule has 164 valence electrons. The second kappa shape index (κ2) is 8.83. The standard InChI is InChI=1S/C23H28ClN5O2/c1-15(2)22-25-16(3)12-20(26-22)27-8-10-28(11-9-27)23(31)17-13-21(30)29(14-17)19-7-5-4-6-18(19)24/h4-7,12,15,17H,8-11,13-14H2,1-3H3/t17-/m0/s1. The first kappa shape index (κ1) is 21.6. The molecule has 2 fully saturated rings. The van der Waals surface area contributed by atoms with E-state index >= 15 is 0 Å². The van der Waals surface area contributed by atoms with Gasteiger partial charge in [0.1, 0.15) is 11.6 Å². The van der Waals surface area contributed by atoms with Gasteiger partial charge in [0.25, 0.3) is 0 Å². The number of amides is 2. The van der Waals surface area contributed by atoms with Crippen molar-refractivity contribution in [3.8, 4) is 0 Å². The van der Waals surface area contributed by atoms with Gasteiger partial charge in [-0.2, -0.15) is 0 Å². The van der Waals surface area contributed by atoms with Gasteiger partial charge < -0.3 is 14.7 Å². The predicted molar refractivity (Wildman–Crippen MR) is 122 cm³/mol. The Balaban J connectivity index is 1.39. The third-order valence-electron chi connectivity index (χ3n) is 5.91. The van der Waals surface area contributed by atoms with E-state index in [0.717, 1.165) is 17.3 Å². The number of aromatic nitrogens is 2. The molecule has 0 radical (unpaired) electrons. The van der Waals surface area contributed by atoms with E-state index in [0.29, 0.717) is 43.4 Å². The monoisotopic (exact) mass is 441 g/mol. The van der Waals surface area contributed by atoms with Crippen LogP contribution in [0, 0.1) is 12.8 Å². The van der Waals surface area contributed by atoms with Gasteiger partial charge in [0.15, 0.2) is 0 Å². The molecule has 2 saturated heterocycles. The molecule has 0 spiro atoms. The van der Waals surface area contributed by atoms with Crippen molar-refractivity contribution >= 4 is 34.9 Å². The lowest BCUT2D eigenvalue weighted by Crippen LogP contribution is -2.51. The number of para-hydroxylation sites is 1. The Hall–Kier alpha value is -2.67. The van der Waals surface area contributed by atoms with Crippen LogP contribution in [0.25, 0.3) is 0 Å². The van der Waals surface area contributed by atoms with E-state index in [4.69, 9.17) is 16.6 Å². The van der Waals surface area contributed by atoms with Gasteiger partial charge in [0.2, 0.25) is 11.8 Å². The smallest absolute Gasteiger partial charge is 0.228 e. The topological polar surface area (TPSA) is 69.6 Å². The van der Waals surface area contributed by atoms with E-state index in [1.165, 1.54) is 0 Å². The SMILES string of the molecule is Cc1cc(N2CCN(C(=O)[C@H]3CC(=O)N(c4ccccc4Cl)C3)CC2)nc(C(C)C)n1. The molecule has 1 atom stereocenters. The van der Waals surface area contributed by atoms with Crippen LogP contribution >= 0.6 is 11.6 Å². The average Bonchev–Trinajstić information content (AvgIpc) is 3.14. The van der Waals surface area contributed by atoms with Crippen LogP contribution in [0.3, 0.4) is 0 Å². The van der Waals surface area contributed by atoms with Crippen molar-refractivity contribution in [2.75, 3.05) is 42.5 Å². The molecule has 8 heteroatoms. The quantitative estimate of drug-likeness (QED) is 0.728. The van der Waals surface area contributed by atoms with Crippen LogP contribution in [-0.4, -0.2) is 59.4 Å². The molecule has 0 unspecified atom stereocenters. The zero-order valence-electron chi connectivity index (χ0n) is 18.2. The summed E-state index contributed by atoms with van der Waals surface area (Å²) in [6, 6.07) is 9.26. The van der Waals surface area contributed by atoms with Crippen LogP contribution < -0.4 is 9.80 Å². The van der Waals surface area contributed by atoms with Crippen LogP contribution in [0.5, 0.6) is 0 Å². The summed E-state index contributed by atoms with van der Waals surface area (Å²) in [7, 11) is 0. The molecule has 0 saturated carbocycles. The zero-order valence-corrected chi connectivity index (χ0v) is 19.0. The third-order valence-corrected chi connectivity index (χ3v) is 6.23. The van der Waals surface area contributed by atoms with Crippen LogP contribution in [0.15, 0.2) is 30.3 Å². The van der Waals surface area contributed by atoms with Crippen LogP contribution in [0.1, 0.15) is 37.7 Å². The molecule has 2 aliphatic rings. The molecule has 2 aliphatic heterocycles. The first-order valence-electron chi connectivity index (χ1n) is 10.8. The first-order valence-corrected chi connectivity index (χ1v) is 11.2. The van der Waals surface area contributed by atoms with Gasteiger partial charge in [0, 0.05) is 56.8 Å². The summed E-state index contributed by atoms with van der Waals surface area (Å²) in [6.45, 7) is 9.21. The molecule has 2 amide bonds. The van der Waals surface area contributed by atoms with Gasteiger partial charge in [-0.3, -0.25) is 9.59 Å². The highest BCUT2D eigenvalue weighted by Gasteiger charge is 2.38. The number of piperazine rings is 1. The molecule has 1 aromatic carbocycles. The molecule has 0 aliphatic carbocycles. The number of aryl methyl sites for hydroxylation is 1. The highest BCUT2D eigenvalue weighted by atomic mass is 35.5. The molecule has 0 bridgehead atoms. The number of halogens is 1. The van der Waals surface area contributed by atoms with E-state index < -0.39 is 0 Å². The number of carbonyl (C=O) groups is 2. The fraction of sp³-hybridized carbons (Fsp3) is 0.478. The molecular weight excluding hydrogens is 414 g/mol. The summed E-state index contributed by atoms with van der Waals surface area (Å²) in [5.41, 5.74) is 1.63. The van der Waals surface area contributed by atoms with Crippen molar-refractivity contribution in [2.45, 2.75) is 33.1 Å². The Labute approximate surface area is 188 Å². The molecule has 31 heavy (non-hydrogen) atoms. The van der Waals surface area contributed by atoms with Gasteiger partial charge in [-0.15, -0.1) is 0 Å². The van der Waals surface area contributed by atoms with E-state index in [1.54, 1.807) is 11.0 Å². The number of hydrogen-bond donors (Lipinski definition) is 0. The van der Waals surface area contributed by atoms with Crippen molar-refractivity contribution in [1.82, 2.24) is 14.9 Å². The van der Waals surface area contributed by atoms with Crippen LogP contribution in [0.4, 0.5) is 11.5 Å². The molecule has 2 aromatic rings. The molecule has 0 N–H and O–H groups in total. The minimum Gasteiger partial charge on any atom is -0.353 e. The van der Waals surface area contributed by atoms with Crippen molar-refractivity contribution in [1.29, 1.82) is 0 Å². The maximum atomic E-state index is 13.1. The van der Waals surface area contributed by atoms with Crippen LogP contribution in [0.2, 0.25) is 5.02 Å². The number of benzene rings is 1. The predicted octanol–water partition coefficient (Wildman–Crippen LogP) is 3.26. The minimum absolute atomic E-state index is 0.0456. The van der Waals surface area contributed by atoms with Crippen molar-refractivity contribution in [3.05, 3.63) is 46.9 Å². The summed E-state index contributed by atoms with van der Waals surface area (Å²) in [6.07, 6.45) is 0.229. The minimum atomic E-state index is -0.329. The van der Waals surface area contributed by atoms with Crippen molar-refractivity contribution in [2.24, 2.45) is 5.92 Å². The molecule has 1 aromatic heterocycles. The number of anilines is 2. The van der Waals surface area contributed by atoms with E-state index in [1.807, 2.05) is 36.1 Å². The molecule has 3 heterocycles. The van der Waals surface area contributed by atoms with E-state index in [9.17, 15) is 9.59 Å². The Morgan fingerprint density at radius 3 is 2.52 bits per heavy atom. The average molecular weight is 442 g/mol. The first-order chi connectivity index (χ1) is 14.8. The molecule has 4 rings (SSSR count). The van der Waals surface area contributed by atoms with Crippen molar-refractivity contribution in [3.63, 3.8) is 0 Å². The lowest BCUT2D eigenvalue weighted by atomic mass is 10.1. The van der Waals surface area contributed by atoms with E-state index in [2.05, 4.69) is 23.7 Å². The maximum absolute atomic E-state index is 13.1. The summed E-state index contributed by atoms with van der Waals surface area (Å²) in [5, 5.41) is 0.526. The Morgan fingerprint density at radius 1 is 1.13 bits per heavy atom. The largest absolute Gasteiger partial charge is 0.353 e. The number of carbonyl (C=O) groups excluding carboxylic acids is 2. The molecule has 7 nitrogen and oxygen atoms in total. The fourth-order valence-electron chi connectivity index (χ4n) is 4.19. The second-order valence-corrected chi connectivity index (χ2v) is 8.96. The second-order valence-electron chi connectivity index (χ2n) is 8.55. The Bertz CT molecular complexity index is 988. The van der Waals surface area contributed by atoms with Crippen LogP contribution in [-0.2, 0) is 9.59 Å². The fourth-order valence-corrected chi connectivity index (χ4v) is 4.42. The summed E-state index contributed by atoms with van der Waals surface area (Å²) < 4.78 is 0. The summed E-state index contributed by atoms with van der Waals surface area (Å²) >= 11 is 6.26. The summed E-state index contributed by atoms with van der Waals surface area (Å²) in [5.74, 6) is 1.69. The molecular formula is C23H28ClN5O2. The highest BCUT2D eigenvalue weighted by Crippen LogP contribution is 2.32. The van der Waals surface area contributed by atoms with Gasteiger partial charge in [-0.05, 0) is 19.1 Å². The number of rotatable bonds is 4. The van der Waals surface area contributed by atoms with E-state index in [-0.39, 0.29) is 30.1 Å². The Kier molecular flexibility index (Phi) is 6.14. The van der Waals surface area contributed by atoms with Gasteiger partial charge in [-0.25, -0.2) is 9.97 Å². The number of nitrogens with zero attached hydrogens (tertiary/aromatic N) is 5. The Morgan fingerprint density at radius 2 is 1.84 bits per heavy atom. The van der Waals surface area contributed by atoms with Gasteiger partial charge in [-0.1, -0.05) is 37.6 Å². The normalized spacial score (nSPS) is 19.5. The zero-order chi connectivity index (χ0) is 22.1. The summed E-state index contributed by atoms with van der Waals surface area (Å²) in [4.78, 5) is 40.6.